The van der Waals surface area contributed by atoms with E-state index in [4.69, 9.17) is 9.47 Å². The lowest BCUT2D eigenvalue weighted by atomic mass is 9.96. The number of esters is 1. The number of amides is 1. The zero-order valence-electron chi connectivity index (χ0n) is 23.9. The Labute approximate surface area is 247 Å². The summed E-state index contributed by atoms with van der Waals surface area (Å²) in [6, 6.07) is 11.5. The van der Waals surface area contributed by atoms with Crippen molar-refractivity contribution in [2.24, 2.45) is 0 Å². The number of Topliss-reactive ketones (excluding diaryl/α,β-unsaturated/α-hetero) is 1. The molecule has 3 aromatic heterocycles. The molecule has 218 valence electrons. The van der Waals surface area contributed by atoms with Crippen LogP contribution in [0.1, 0.15) is 71.5 Å². The van der Waals surface area contributed by atoms with Gasteiger partial charge in [-0.25, -0.2) is 14.8 Å². The summed E-state index contributed by atoms with van der Waals surface area (Å²) < 4.78 is 12.8. The van der Waals surface area contributed by atoms with Gasteiger partial charge in [0.25, 0.3) is 5.78 Å². The number of thiazole rings is 1. The van der Waals surface area contributed by atoms with Gasteiger partial charge < -0.3 is 14.6 Å². The molecule has 1 aliphatic heterocycles. The van der Waals surface area contributed by atoms with Crippen molar-refractivity contribution in [2.45, 2.75) is 53.0 Å². The van der Waals surface area contributed by atoms with Crippen LogP contribution in [0.2, 0.25) is 0 Å². The van der Waals surface area contributed by atoms with E-state index in [9.17, 15) is 19.5 Å². The molecule has 0 bridgehead atoms. The fourth-order valence-electron chi connectivity index (χ4n) is 5.06. The van der Waals surface area contributed by atoms with Gasteiger partial charge in [-0.1, -0.05) is 49.3 Å². The molecule has 0 saturated carbocycles. The molecule has 5 rings (SSSR count). The highest BCUT2D eigenvalue weighted by Gasteiger charge is 2.49. The maximum atomic E-state index is 13.7. The van der Waals surface area contributed by atoms with E-state index in [1.807, 2.05) is 12.1 Å². The third-order valence-corrected chi connectivity index (χ3v) is 8.15. The van der Waals surface area contributed by atoms with E-state index in [-0.39, 0.29) is 27.9 Å². The number of anilines is 1. The third-order valence-electron chi connectivity index (χ3n) is 7.02. The smallest absolute Gasteiger partial charge is 0.350 e. The third kappa shape index (κ3) is 5.27. The second-order valence-corrected chi connectivity index (χ2v) is 10.9. The van der Waals surface area contributed by atoms with Crippen molar-refractivity contribution in [3.63, 3.8) is 0 Å². The first kappa shape index (κ1) is 29.0. The van der Waals surface area contributed by atoms with Crippen LogP contribution in [0.3, 0.4) is 0 Å². The number of nitrogens with zero attached hydrogens (tertiary/aromatic N) is 4. The maximum Gasteiger partial charge on any atom is 0.350 e. The average molecular weight is 589 g/mol. The molecule has 4 heterocycles. The number of aliphatic hydroxyl groups is 1. The number of carbonyl (C=O) groups is 3. The molecule has 1 saturated heterocycles. The minimum atomic E-state index is -1.04. The monoisotopic (exact) mass is 588 g/mol. The normalized spacial score (nSPS) is 16.4. The van der Waals surface area contributed by atoms with Gasteiger partial charge in [0.2, 0.25) is 0 Å². The molecule has 10 nitrogen and oxygen atoms in total. The molecule has 4 aromatic rings. The van der Waals surface area contributed by atoms with Gasteiger partial charge in [0.05, 0.1) is 36.2 Å². The van der Waals surface area contributed by atoms with E-state index in [0.717, 1.165) is 30.6 Å². The van der Waals surface area contributed by atoms with Crippen molar-refractivity contribution in [1.29, 1.82) is 0 Å². The van der Waals surface area contributed by atoms with Gasteiger partial charge >= 0.3 is 11.9 Å². The fourth-order valence-corrected chi connectivity index (χ4v) is 6.05. The number of aryl methyl sites for hydroxylation is 2. The van der Waals surface area contributed by atoms with Gasteiger partial charge in [-0.3, -0.25) is 18.9 Å². The summed E-state index contributed by atoms with van der Waals surface area (Å²) in [4.78, 5) is 50.5. The summed E-state index contributed by atoms with van der Waals surface area (Å²) in [7, 11) is 0. The number of fused-ring (bicyclic) bond motifs is 1. The minimum absolute atomic E-state index is 0.109. The summed E-state index contributed by atoms with van der Waals surface area (Å²) in [5.74, 6) is -2.09. The Hall–Kier alpha value is -4.51. The number of benzene rings is 1. The van der Waals surface area contributed by atoms with Gasteiger partial charge in [0.15, 0.2) is 10.9 Å². The summed E-state index contributed by atoms with van der Waals surface area (Å²) in [6.07, 6.45) is 4.71. The predicted octanol–water partition coefficient (Wildman–Crippen LogP) is 5.78. The number of imidazole rings is 1. The van der Waals surface area contributed by atoms with Crippen LogP contribution in [-0.2, 0) is 14.3 Å². The molecule has 0 radical (unpaired) electrons. The number of hydrogen-bond donors (Lipinski definition) is 1. The predicted molar refractivity (Wildman–Crippen MR) is 159 cm³/mol. The summed E-state index contributed by atoms with van der Waals surface area (Å²) in [5.41, 5.74) is 2.19. The summed E-state index contributed by atoms with van der Waals surface area (Å²) in [5, 5.41) is 11.9. The van der Waals surface area contributed by atoms with Crippen LogP contribution in [-0.4, -0.2) is 50.3 Å². The van der Waals surface area contributed by atoms with Crippen LogP contribution in [0.25, 0.3) is 11.4 Å². The Bertz CT molecular complexity index is 1700. The highest BCUT2D eigenvalue weighted by Crippen LogP contribution is 2.44. The molecule has 1 fully saturated rings. The van der Waals surface area contributed by atoms with Gasteiger partial charge in [-0.05, 0) is 57.0 Å². The summed E-state index contributed by atoms with van der Waals surface area (Å²) >= 11 is 0.964. The number of ketones is 1. The van der Waals surface area contributed by atoms with Crippen molar-refractivity contribution >= 4 is 45.5 Å². The minimum Gasteiger partial charge on any atom is -0.505 e. The van der Waals surface area contributed by atoms with Crippen LogP contribution in [0.4, 0.5) is 5.13 Å². The SMILES string of the molecule is CCCCCOc1cccc(C2/C(=C(\O)c3c(C)nc4ccccn34)C(=O)C(=O)N2c2nc(C)c(C(=O)OCC)s2)c1. The largest absolute Gasteiger partial charge is 0.505 e. The van der Waals surface area contributed by atoms with Crippen LogP contribution in [0, 0.1) is 13.8 Å². The Morgan fingerprint density at radius 1 is 1.05 bits per heavy atom. The molecule has 1 unspecified atom stereocenters. The van der Waals surface area contributed by atoms with Crippen LogP contribution in [0.15, 0.2) is 54.2 Å². The highest BCUT2D eigenvalue weighted by atomic mass is 32.1. The van der Waals surface area contributed by atoms with E-state index in [0.29, 0.717) is 40.6 Å². The van der Waals surface area contributed by atoms with Crippen molar-refractivity contribution < 1.29 is 29.0 Å². The first-order valence-electron chi connectivity index (χ1n) is 13.9. The molecular weight excluding hydrogens is 556 g/mol. The standard InChI is InChI=1S/C31H32N4O6S/c1-5-7-10-16-41-21-13-11-12-20(17-21)25-23(26(36)24-18(3)32-22-14-8-9-15-34(22)24)27(37)29(38)35(25)31-33-19(4)28(42-31)30(39)40-6-2/h8-9,11-15,17,25,36H,5-7,10,16H2,1-4H3/b26-23+. The molecular formula is C31H32N4O6S. The van der Waals surface area contributed by atoms with Gasteiger partial charge in [-0.15, -0.1) is 0 Å². The first-order valence-corrected chi connectivity index (χ1v) is 14.7. The Kier molecular flexibility index (Phi) is 8.39. The Morgan fingerprint density at radius 2 is 1.86 bits per heavy atom. The van der Waals surface area contributed by atoms with Crippen molar-refractivity contribution in [3.8, 4) is 5.75 Å². The van der Waals surface area contributed by atoms with Crippen molar-refractivity contribution in [3.05, 3.63) is 81.8 Å². The fraction of sp³-hybridized carbons (Fsp3) is 0.323. The van der Waals surface area contributed by atoms with E-state index in [1.165, 1.54) is 4.90 Å². The zero-order valence-corrected chi connectivity index (χ0v) is 24.7. The zero-order chi connectivity index (χ0) is 30.0. The summed E-state index contributed by atoms with van der Waals surface area (Å²) in [6.45, 7) is 7.89. The molecule has 1 aromatic carbocycles. The number of aliphatic hydroxyl groups excluding tert-OH is 1. The number of carbonyl (C=O) groups excluding carboxylic acids is 3. The molecule has 0 aliphatic carbocycles. The molecule has 1 amide bonds. The van der Waals surface area contributed by atoms with Crippen LogP contribution >= 0.6 is 11.3 Å². The molecule has 42 heavy (non-hydrogen) atoms. The number of unbranched alkanes of at least 4 members (excludes halogenated alkanes) is 2. The topological polar surface area (TPSA) is 123 Å². The van der Waals surface area contributed by atoms with Crippen LogP contribution in [0.5, 0.6) is 5.75 Å². The molecule has 1 atom stereocenters. The Balaban J connectivity index is 1.68. The Morgan fingerprint density at radius 3 is 2.62 bits per heavy atom. The average Bonchev–Trinajstić information content (AvgIpc) is 3.61. The second kappa shape index (κ2) is 12.2. The lowest BCUT2D eigenvalue weighted by molar-refractivity contribution is -0.132. The highest BCUT2D eigenvalue weighted by molar-refractivity contribution is 7.17. The van der Waals surface area contributed by atoms with Gasteiger partial charge in [0, 0.05) is 6.20 Å². The number of pyridine rings is 1. The van der Waals surface area contributed by atoms with E-state index < -0.39 is 23.7 Å². The number of rotatable bonds is 10. The molecule has 0 spiro atoms. The number of aromatic nitrogens is 3. The number of ether oxygens (including phenoxy) is 2. The van der Waals surface area contributed by atoms with Crippen LogP contribution < -0.4 is 9.64 Å². The first-order chi connectivity index (χ1) is 20.3. The molecule has 11 heteroatoms. The molecule has 1 N–H and O–H groups in total. The second-order valence-electron chi connectivity index (χ2n) is 9.90. The van der Waals surface area contributed by atoms with E-state index >= 15 is 0 Å². The number of hydrogen-bond acceptors (Lipinski definition) is 9. The van der Waals surface area contributed by atoms with Gasteiger partial charge in [0.1, 0.15) is 22.0 Å². The lowest BCUT2D eigenvalue weighted by Gasteiger charge is -2.23. The van der Waals surface area contributed by atoms with Gasteiger partial charge in [-0.2, -0.15) is 0 Å². The quantitative estimate of drug-likeness (QED) is 0.0813. The van der Waals surface area contributed by atoms with E-state index in [1.54, 1.807) is 61.7 Å². The van der Waals surface area contributed by atoms with E-state index in [2.05, 4.69) is 16.9 Å². The maximum absolute atomic E-state index is 13.7. The molecule has 1 aliphatic rings. The van der Waals surface area contributed by atoms with Crippen molar-refractivity contribution in [1.82, 2.24) is 14.4 Å². The lowest BCUT2D eigenvalue weighted by Crippen LogP contribution is -2.29. The van der Waals surface area contributed by atoms with Crippen molar-refractivity contribution in [2.75, 3.05) is 18.1 Å².